The van der Waals surface area contributed by atoms with E-state index < -0.39 is 0 Å². The third-order valence-corrected chi connectivity index (χ3v) is 5.06. The standard InChI is InChI=1S/C13H21N5S2/c1-13(2,19-4)9-16-11(14-3)15-7-10-8-18-5-6-20-12(18)17-10/h5-6,8H,7,9H2,1-4H3,(H2,14,15,16). The zero-order valence-corrected chi connectivity index (χ0v) is 13.9. The number of hydrogen-bond donors (Lipinski definition) is 2. The highest BCUT2D eigenvalue weighted by atomic mass is 32.2. The highest BCUT2D eigenvalue weighted by Crippen LogP contribution is 2.19. The van der Waals surface area contributed by atoms with Crippen LogP contribution in [0.1, 0.15) is 19.5 Å². The van der Waals surface area contributed by atoms with Gasteiger partial charge in [-0.05, 0) is 20.1 Å². The molecule has 0 fully saturated rings. The largest absolute Gasteiger partial charge is 0.355 e. The van der Waals surface area contributed by atoms with Crippen LogP contribution in [-0.2, 0) is 6.54 Å². The van der Waals surface area contributed by atoms with E-state index in [1.165, 1.54) is 0 Å². The number of rotatable bonds is 5. The molecular weight excluding hydrogens is 290 g/mol. The molecule has 0 bridgehead atoms. The van der Waals surface area contributed by atoms with Gasteiger partial charge in [-0.25, -0.2) is 4.98 Å². The van der Waals surface area contributed by atoms with Gasteiger partial charge in [0.15, 0.2) is 10.9 Å². The lowest BCUT2D eigenvalue weighted by Gasteiger charge is -2.23. The molecule has 0 radical (unpaired) electrons. The minimum atomic E-state index is 0.189. The number of nitrogens with zero attached hydrogens (tertiary/aromatic N) is 3. The van der Waals surface area contributed by atoms with E-state index in [1.807, 2.05) is 33.9 Å². The van der Waals surface area contributed by atoms with E-state index in [0.717, 1.165) is 23.2 Å². The third kappa shape index (κ3) is 3.89. The molecule has 0 unspecified atom stereocenters. The summed E-state index contributed by atoms with van der Waals surface area (Å²) in [5.74, 6) is 0.809. The molecule has 0 aliphatic rings. The maximum atomic E-state index is 4.54. The van der Waals surface area contributed by atoms with Crippen molar-refractivity contribution in [1.29, 1.82) is 0 Å². The Kier molecular flexibility index (Phi) is 4.93. The minimum Gasteiger partial charge on any atom is -0.355 e. The number of fused-ring (bicyclic) bond motifs is 1. The van der Waals surface area contributed by atoms with Gasteiger partial charge < -0.3 is 10.6 Å². The smallest absolute Gasteiger partial charge is 0.193 e. The van der Waals surface area contributed by atoms with Crippen LogP contribution in [0.15, 0.2) is 22.8 Å². The zero-order valence-electron chi connectivity index (χ0n) is 12.3. The van der Waals surface area contributed by atoms with Crippen LogP contribution in [-0.4, -0.2) is 39.9 Å². The summed E-state index contributed by atoms with van der Waals surface area (Å²) in [5, 5.41) is 8.67. The van der Waals surface area contributed by atoms with Gasteiger partial charge in [0.25, 0.3) is 0 Å². The Morgan fingerprint density at radius 1 is 1.50 bits per heavy atom. The van der Waals surface area contributed by atoms with Crippen LogP contribution in [0.4, 0.5) is 0 Å². The fraction of sp³-hybridized carbons (Fsp3) is 0.538. The first-order chi connectivity index (χ1) is 9.54. The summed E-state index contributed by atoms with van der Waals surface area (Å²) in [4.78, 5) is 9.79. The van der Waals surface area contributed by atoms with Crippen LogP contribution in [0.3, 0.4) is 0 Å². The third-order valence-electron chi connectivity index (χ3n) is 3.04. The molecule has 0 saturated carbocycles. The number of nitrogens with one attached hydrogen (secondary N) is 2. The van der Waals surface area contributed by atoms with Gasteiger partial charge in [0.05, 0.1) is 12.2 Å². The molecule has 0 aliphatic heterocycles. The first-order valence-electron chi connectivity index (χ1n) is 6.45. The molecule has 2 N–H and O–H groups in total. The molecule has 2 aromatic heterocycles. The first kappa shape index (κ1) is 15.2. The number of thioether (sulfide) groups is 1. The Balaban J connectivity index is 1.86. The Morgan fingerprint density at radius 3 is 2.95 bits per heavy atom. The normalized spacial score (nSPS) is 12.9. The van der Waals surface area contributed by atoms with Crippen molar-refractivity contribution < 1.29 is 0 Å². The number of hydrogen-bond acceptors (Lipinski definition) is 4. The highest BCUT2D eigenvalue weighted by molar-refractivity contribution is 7.99. The summed E-state index contributed by atoms with van der Waals surface area (Å²) in [5.41, 5.74) is 1.02. The molecule has 0 amide bonds. The number of thiazole rings is 1. The topological polar surface area (TPSA) is 53.7 Å². The molecule has 0 aliphatic carbocycles. The van der Waals surface area contributed by atoms with Crippen LogP contribution in [0.25, 0.3) is 4.96 Å². The first-order valence-corrected chi connectivity index (χ1v) is 8.55. The molecule has 110 valence electrons. The van der Waals surface area contributed by atoms with E-state index in [4.69, 9.17) is 0 Å². The fourth-order valence-corrected chi connectivity index (χ4v) is 2.56. The molecule has 2 heterocycles. The van der Waals surface area contributed by atoms with Gasteiger partial charge in [-0.1, -0.05) is 0 Å². The van der Waals surface area contributed by atoms with Gasteiger partial charge in [-0.3, -0.25) is 9.39 Å². The molecule has 0 aromatic carbocycles. The highest BCUT2D eigenvalue weighted by Gasteiger charge is 2.16. The van der Waals surface area contributed by atoms with Crippen molar-refractivity contribution in [3.05, 3.63) is 23.5 Å². The molecule has 2 rings (SSSR count). The Bertz CT molecular complexity index is 556. The van der Waals surface area contributed by atoms with Crippen LogP contribution >= 0.6 is 23.1 Å². The van der Waals surface area contributed by atoms with Crippen LogP contribution in [0.5, 0.6) is 0 Å². The summed E-state index contributed by atoms with van der Waals surface area (Å²) in [6.45, 7) is 5.96. The van der Waals surface area contributed by atoms with Crippen molar-refractivity contribution >= 4 is 34.0 Å². The maximum absolute atomic E-state index is 4.54. The van der Waals surface area contributed by atoms with Crippen molar-refractivity contribution in [2.45, 2.75) is 25.1 Å². The predicted molar refractivity (Wildman–Crippen MR) is 88.9 cm³/mol. The second-order valence-corrected chi connectivity index (χ2v) is 7.45. The fourth-order valence-electron chi connectivity index (χ4n) is 1.62. The average Bonchev–Trinajstić information content (AvgIpc) is 2.99. The minimum absolute atomic E-state index is 0.189. The van der Waals surface area contributed by atoms with Crippen LogP contribution in [0.2, 0.25) is 0 Å². The predicted octanol–water partition coefficient (Wildman–Crippen LogP) is 2.20. The summed E-state index contributed by atoms with van der Waals surface area (Å²) in [7, 11) is 1.78. The van der Waals surface area contributed by atoms with E-state index in [2.05, 4.69) is 40.7 Å². The summed E-state index contributed by atoms with van der Waals surface area (Å²) in [6, 6.07) is 0. The van der Waals surface area contributed by atoms with Gasteiger partial charge in [0.2, 0.25) is 0 Å². The lowest BCUT2D eigenvalue weighted by atomic mass is 10.2. The average molecular weight is 311 g/mol. The lowest BCUT2D eigenvalue weighted by Crippen LogP contribution is -2.43. The van der Waals surface area contributed by atoms with Crippen LogP contribution < -0.4 is 10.6 Å². The monoisotopic (exact) mass is 311 g/mol. The molecule has 7 heteroatoms. The molecule has 0 spiro atoms. The van der Waals surface area contributed by atoms with Crippen molar-refractivity contribution in [2.24, 2.45) is 4.99 Å². The van der Waals surface area contributed by atoms with Gasteiger partial charge in [-0.15, -0.1) is 11.3 Å². The van der Waals surface area contributed by atoms with E-state index in [9.17, 15) is 0 Å². The van der Waals surface area contributed by atoms with E-state index in [1.54, 1.807) is 18.4 Å². The lowest BCUT2D eigenvalue weighted by molar-refractivity contribution is 0.663. The summed E-state index contributed by atoms with van der Waals surface area (Å²) < 4.78 is 2.23. The van der Waals surface area contributed by atoms with Crippen molar-refractivity contribution in [3.63, 3.8) is 0 Å². The number of imidazole rings is 1. The Hall–Kier alpha value is -1.21. The number of aliphatic imine (C=N–C) groups is 1. The van der Waals surface area contributed by atoms with Crippen LogP contribution in [0, 0.1) is 0 Å². The summed E-state index contributed by atoms with van der Waals surface area (Å²) >= 11 is 3.48. The second kappa shape index (κ2) is 6.49. The molecule has 20 heavy (non-hydrogen) atoms. The van der Waals surface area contributed by atoms with Gasteiger partial charge in [0.1, 0.15) is 0 Å². The number of guanidine groups is 1. The summed E-state index contributed by atoms with van der Waals surface area (Å²) in [6.07, 6.45) is 6.18. The maximum Gasteiger partial charge on any atom is 0.193 e. The van der Waals surface area contributed by atoms with Gasteiger partial charge in [-0.2, -0.15) is 11.8 Å². The number of aromatic nitrogens is 2. The molecular formula is C13H21N5S2. The van der Waals surface area contributed by atoms with Crippen molar-refractivity contribution in [2.75, 3.05) is 19.8 Å². The van der Waals surface area contributed by atoms with Crippen molar-refractivity contribution in [1.82, 2.24) is 20.0 Å². The Labute approximate surface area is 127 Å². The zero-order chi connectivity index (χ0) is 14.6. The van der Waals surface area contributed by atoms with Crippen molar-refractivity contribution in [3.8, 4) is 0 Å². The quantitative estimate of drug-likeness (QED) is 0.656. The molecule has 2 aromatic rings. The van der Waals surface area contributed by atoms with E-state index in [-0.39, 0.29) is 4.75 Å². The SMILES string of the molecule is CN=C(NCc1cn2ccsc2n1)NCC(C)(C)SC. The second-order valence-electron chi connectivity index (χ2n) is 5.07. The molecule has 0 saturated heterocycles. The van der Waals surface area contributed by atoms with Gasteiger partial charge >= 0.3 is 0 Å². The van der Waals surface area contributed by atoms with Gasteiger partial charge in [0, 0.05) is 36.1 Å². The Morgan fingerprint density at radius 2 is 2.30 bits per heavy atom. The van der Waals surface area contributed by atoms with E-state index in [0.29, 0.717) is 6.54 Å². The molecule has 0 atom stereocenters. The van der Waals surface area contributed by atoms with E-state index >= 15 is 0 Å². The molecule has 5 nitrogen and oxygen atoms in total.